The van der Waals surface area contributed by atoms with Crippen molar-refractivity contribution < 1.29 is 4.92 Å². The number of fused-ring (bicyclic) bond motifs is 3. The second-order valence-electron chi connectivity index (χ2n) is 6.85. The number of nitro groups is 1. The minimum Gasteiger partial charge on any atom is -0.258 e. The molecular weight excluding hydrogens is 378 g/mol. The Hall–Kier alpha value is -2.46. The fourth-order valence-electron chi connectivity index (χ4n) is 3.77. The van der Waals surface area contributed by atoms with Crippen LogP contribution in [0.5, 0.6) is 0 Å². The molecule has 4 rings (SSSR count). The van der Waals surface area contributed by atoms with Crippen molar-refractivity contribution >= 4 is 21.6 Å². The fourth-order valence-corrected chi connectivity index (χ4v) is 4.13. The third kappa shape index (κ3) is 2.40. The Kier molecular flexibility index (Phi) is 3.55. The normalized spacial score (nSPS) is 14.0. The first kappa shape index (κ1) is 16.0. The molecule has 0 aliphatic heterocycles. The Bertz CT molecular complexity index is 1020. The Morgan fingerprint density at radius 3 is 2.36 bits per heavy atom. The van der Waals surface area contributed by atoms with Crippen LogP contribution in [0.4, 0.5) is 5.69 Å². The van der Waals surface area contributed by atoms with Gasteiger partial charge in [-0.05, 0) is 46.0 Å². The highest BCUT2D eigenvalue weighted by atomic mass is 79.9. The zero-order valence-corrected chi connectivity index (χ0v) is 15.5. The lowest BCUT2D eigenvalue weighted by Crippen LogP contribution is -2.14. The molecule has 0 saturated carbocycles. The highest BCUT2D eigenvalue weighted by Crippen LogP contribution is 2.49. The predicted molar refractivity (Wildman–Crippen MR) is 104 cm³/mol. The molecule has 124 valence electrons. The average Bonchev–Trinajstić information content (AvgIpc) is 2.82. The van der Waals surface area contributed by atoms with Crippen LogP contribution in [-0.4, -0.2) is 4.92 Å². The highest BCUT2D eigenvalue weighted by molar-refractivity contribution is 9.10. The summed E-state index contributed by atoms with van der Waals surface area (Å²) in [5, 5.41) is 11.4. The molecule has 0 atom stereocenters. The maximum atomic E-state index is 11.4. The zero-order valence-electron chi connectivity index (χ0n) is 13.9. The molecule has 3 aromatic rings. The van der Waals surface area contributed by atoms with Gasteiger partial charge < -0.3 is 0 Å². The maximum Gasteiger partial charge on any atom is 0.277 e. The van der Waals surface area contributed by atoms with E-state index in [0.29, 0.717) is 5.56 Å². The first-order valence-corrected chi connectivity index (χ1v) is 8.87. The quantitative estimate of drug-likeness (QED) is 0.377. The van der Waals surface area contributed by atoms with E-state index in [9.17, 15) is 10.1 Å². The number of hydrogen-bond donors (Lipinski definition) is 0. The van der Waals surface area contributed by atoms with Gasteiger partial charge in [0.2, 0.25) is 0 Å². The topological polar surface area (TPSA) is 43.1 Å². The van der Waals surface area contributed by atoms with Crippen molar-refractivity contribution in [2.75, 3.05) is 0 Å². The summed E-state index contributed by atoms with van der Waals surface area (Å²) in [7, 11) is 0. The standard InChI is InChI=1S/C21H16BrNO2/c1-21(2)18-6-4-3-5-15(18)16-9-7-13(11-19(16)21)17-12-14(22)8-10-20(17)23(24)25/h3-12H,1-2H3. The minimum absolute atomic E-state index is 0.122. The first-order chi connectivity index (χ1) is 11.9. The van der Waals surface area contributed by atoms with Crippen molar-refractivity contribution in [3.63, 3.8) is 0 Å². The van der Waals surface area contributed by atoms with E-state index in [-0.39, 0.29) is 16.0 Å². The molecule has 0 spiro atoms. The van der Waals surface area contributed by atoms with Crippen molar-refractivity contribution in [3.8, 4) is 22.3 Å². The summed E-state index contributed by atoms with van der Waals surface area (Å²) in [6, 6.07) is 19.7. The number of rotatable bonds is 2. The van der Waals surface area contributed by atoms with Gasteiger partial charge in [0.25, 0.3) is 5.69 Å². The first-order valence-electron chi connectivity index (χ1n) is 8.08. The zero-order chi connectivity index (χ0) is 17.8. The summed E-state index contributed by atoms with van der Waals surface area (Å²) in [5.74, 6) is 0. The van der Waals surface area contributed by atoms with Gasteiger partial charge in [-0.3, -0.25) is 10.1 Å². The van der Waals surface area contributed by atoms with E-state index < -0.39 is 0 Å². The van der Waals surface area contributed by atoms with Crippen molar-refractivity contribution in [1.82, 2.24) is 0 Å². The smallest absolute Gasteiger partial charge is 0.258 e. The third-order valence-electron chi connectivity index (χ3n) is 5.05. The largest absolute Gasteiger partial charge is 0.277 e. The summed E-state index contributed by atoms with van der Waals surface area (Å²) in [4.78, 5) is 11.1. The third-order valence-corrected chi connectivity index (χ3v) is 5.54. The van der Waals surface area contributed by atoms with Crippen LogP contribution < -0.4 is 0 Å². The van der Waals surface area contributed by atoms with Crippen LogP contribution in [0.2, 0.25) is 0 Å². The molecule has 0 radical (unpaired) electrons. The van der Waals surface area contributed by atoms with E-state index in [0.717, 1.165) is 10.0 Å². The summed E-state index contributed by atoms with van der Waals surface area (Å²) in [6.07, 6.45) is 0. The molecule has 0 N–H and O–H groups in total. The van der Waals surface area contributed by atoms with E-state index in [2.05, 4.69) is 66.2 Å². The number of hydrogen-bond acceptors (Lipinski definition) is 2. The molecule has 4 heteroatoms. The number of nitrogens with zero attached hydrogens (tertiary/aromatic N) is 1. The molecule has 0 amide bonds. The van der Waals surface area contributed by atoms with Gasteiger partial charge >= 0.3 is 0 Å². The Morgan fingerprint density at radius 2 is 1.60 bits per heavy atom. The summed E-state index contributed by atoms with van der Waals surface area (Å²) < 4.78 is 0.830. The van der Waals surface area contributed by atoms with E-state index in [4.69, 9.17) is 0 Å². The maximum absolute atomic E-state index is 11.4. The van der Waals surface area contributed by atoms with E-state index >= 15 is 0 Å². The van der Waals surface area contributed by atoms with E-state index in [1.165, 1.54) is 22.3 Å². The monoisotopic (exact) mass is 393 g/mol. The Morgan fingerprint density at radius 1 is 0.880 bits per heavy atom. The molecule has 0 heterocycles. The van der Waals surface area contributed by atoms with Gasteiger partial charge in [0.15, 0.2) is 0 Å². The second kappa shape index (κ2) is 5.53. The minimum atomic E-state index is -0.325. The van der Waals surface area contributed by atoms with Gasteiger partial charge in [-0.2, -0.15) is 0 Å². The second-order valence-corrected chi connectivity index (χ2v) is 7.77. The van der Waals surface area contributed by atoms with Crippen LogP contribution in [0.25, 0.3) is 22.3 Å². The van der Waals surface area contributed by atoms with Crippen LogP contribution in [-0.2, 0) is 5.41 Å². The van der Waals surface area contributed by atoms with Crippen LogP contribution in [0, 0.1) is 10.1 Å². The molecule has 3 nitrogen and oxygen atoms in total. The number of nitro benzene ring substituents is 1. The lowest BCUT2D eigenvalue weighted by Gasteiger charge is -2.22. The van der Waals surface area contributed by atoms with Gasteiger partial charge in [-0.1, -0.05) is 66.2 Å². The molecule has 0 saturated heterocycles. The van der Waals surface area contributed by atoms with Gasteiger partial charge in [0.1, 0.15) is 0 Å². The lowest BCUT2D eigenvalue weighted by atomic mass is 9.81. The molecule has 1 aliphatic rings. The van der Waals surface area contributed by atoms with Crippen molar-refractivity contribution in [2.45, 2.75) is 19.3 Å². The molecule has 1 aliphatic carbocycles. The average molecular weight is 394 g/mol. The van der Waals surface area contributed by atoms with E-state index in [1.54, 1.807) is 12.1 Å². The number of benzene rings is 3. The SMILES string of the molecule is CC1(C)c2ccccc2-c2ccc(-c3cc(Br)ccc3[N+](=O)[O-])cc21. The molecular formula is C21H16BrNO2. The van der Waals surface area contributed by atoms with Gasteiger partial charge in [0, 0.05) is 16.0 Å². The molecule has 0 fully saturated rings. The lowest BCUT2D eigenvalue weighted by molar-refractivity contribution is -0.384. The summed E-state index contributed by atoms with van der Waals surface area (Å²) in [6.45, 7) is 4.41. The van der Waals surface area contributed by atoms with Crippen LogP contribution in [0.15, 0.2) is 65.1 Å². The Balaban J connectivity index is 1.95. The predicted octanol–water partition coefficient (Wildman–Crippen LogP) is 6.33. The highest BCUT2D eigenvalue weighted by Gasteiger charge is 2.35. The molecule has 0 bridgehead atoms. The summed E-state index contributed by atoms with van der Waals surface area (Å²) in [5.41, 5.74) is 6.46. The Labute approximate surface area is 154 Å². The fraction of sp³-hybridized carbons (Fsp3) is 0.143. The van der Waals surface area contributed by atoms with Gasteiger partial charge in [-0.25, -0.2) is 0 Å². The van der Waals surface area contributed by atoms with Gasteiger partial charge in [-0.15, -0.1) is 0 Å². The van der Waals surface area contributed by atoms with Crippen LogP contribution in [0.3, 0.4) is 0 Å². The van der Waals surface area contributed by atoms with E-state index in [1.807, 2.05) is 12.1 Å². The molecule has 3 aromatic carbocycles. The molecule has 0 aromatic heterocycles. The molecule has 25 heavy (non-hydrogen) atoms. The summed E-state index contributed by atoms with van der Waals surface area (Å²) >= 11 is 3.43. The van der Waals surface area contributed by atoms with Crippen molar-refractivity contribution in [2.24, 2.45) is 0 Å². The van der Waals surface area contributed by atoms with Crippen molar-refractivity contribution in [1.29, 1.82) is 0 Å². The number of halogens is 1. The van der Waals surface area contributed by atoms with Crippen LogP contribution in [0.1, 0.15) is 25.0 Å². The van der Waals surface area contributed by atoms with Crippen LogP contribution >= 0.6 is 15.9 Å². The molecule has 0 unspecified atom stereocenters. The van der Waals surface area contributed by atoms with Gasteiger partial charge in [0.05, 0.1) is 10.5 Å². The van der Waals surface area contributed by atoms with Crippen molar-refractivity contribution in [3.05, 3.63) is 86.4 Å².